The van der Waals surface area contributed by atoms with Crippen LogP contribution in [0, 0.1) is 0 Å². The highest BCUT2D eigenvalue weighted by Crippen LogP contribution is 2.15. The molecule has 1 aromatic rings. The van der Waals surface area contributed by atoms with Crippen molar-refractivity contribution in [2.45, 2.75) is 25.5 Å². The molecule has 5 heteroatoms. The van der Waals surface area contributed by atoms with Crippen LogP contribution in [0.2, 0.25) is 0 Å². The summed E-state index contributed by atoms with van der Waals surface area (Å²) < 4.78 is 5.76. The number of nitrogen functional groups attached to an aromatic ring is 1. The van der Waals surface area contributed by atoms with Crippen LogP contribution in [-0.4, -0.2) is 48.3 Å². The number of likely N-dealkylation sites (N-methyl/N-ethyl adjacent to an activating group) is 1. The van der Waals surface area contributed by atoms with Crippen molar-refractivity contribution in [3.8, 4) is 0 Å². The van der Waals surface area contributed by atoms with Gasteiger partial charge in [-0.1, -0.05) is 6.92 Å². The Morgan fingerprint density at radius 3 is 3.17 bits per heavy atom. The summed E-state index contributed by atoms with van der Waals surface area (Å²) in [6.07, 6.45) is 4.27. The molecule has 2 heterocycles. The van der Waals surface area contributed by atoms with Crippen molar-refractivity contribution in [1.82, 2.24) is 9.88 Å². The van der Waals surface area contributed by atoms with E-state index in [-0.39, 0.29) is 12.1 Å². The van der Waals surface area contributed by atoms with Gasteiger partial charge in [-0.2, -0.15) is 0 Å². The molecule has 2 rings (SSSR count). The molecule has 0 radical (unpaired) electrons. The fourth-order valence-electron chi connectivity index (χ4n) is 2.27. The third-order valence-corrected chi connectivity index (χ3v) is 3.50. The van der Waals surface area contributed by atoms with E-state index in [1.54, 1.807) is 12.4 Å². The number of hydrogen-bond acceptors (Lipinski definition) is 5. The van der Waals surface area contributed by atoms with Crippen LogP contribution in [0.3, 0.4) is 0 Å². The lowest BCUT2D eigenvalue weighted by molar-refractivity contribution is -0.0385. The van der Waals surface area contributed by atoms with Gasteiger partial charge >= 0.3 is 0 Å². The monoisotopic (exact) mass is 250 g/mol. The summed E-state index contributed by atoms with van der Waals surface area (Å²) in [5, 5.41) is 0. The average molecular weight is 250 g/mol. The predicted octanol–water partition coefficient (Wildman–Crippen LogP) is 0.254. The van der Waals surface area contributed by atoms with Crippen LogP contribution in [-0.2, 0) is 11.2 Å². The van der Waals surface area contributed by atoms with Crippen molar-refractivity contribution in [3.63, 3.8) is 0 Å². The van der Waals surface area contributed by atoms with Crippen molar-refractivity contribution < 1.29 is 4.74 Å². The number of rotatable bonds is 4. The van der Waals surface area contributed by atoms with Gasteiger partial charge in [0.25, 0.3) is 0 Å². The van der Waals surface area contributed by atoms with E-state index in [9.17, 15) is 0 Å². The molecule has 1 fully saturated rings. The van der Waals surface area contributed by atoms with E-state index < -0.39 is 0 Å². The lowest BCUT2D eigenvalue weighted by Crippen LogP contribution is -2.51. The van der Waals surface area contributed by atoms with E-state index in [1.807, 2.05) is 6.07 Å². The third kappa shape index (κ3) is 3.19. The van der Waals surface area contributed by atoms with Gasteiger partial charge in [0.1, 0.15) is 0 Å². The summed E-state index contributed by atoms with van der Waals surface area (Å²) in [4.78, 5) is 6.45. The van der Waals surface area contributed by atoms with Crippen molar-refractivity contribution in [2.75, 3.05) is 32.0 Å². The number of ether oxygens (including phenoxy) is 1. The summed E-state index contributed by atoms with van der Waals surface area (Å²) >= 11 is 0. The standard InChI is InChI=1S/C13H22N4O/c1-2-17-5-6-18-13(9-17)12(15)7-10-8-16-4-3-11(10)14/h3-4,8,12-13H,2,5-7,9,15H2,1H3,(H2,14,16). The van der Waals surface area contributed by atoms with E-state index in [2.05, 4.69) is 16.8 Å². The maximum atomic E-state index is 6.23. The number of pyridine rings is 1. The quantitative estimate of drug-likeness (QED) is 0.801. The molecule has 0 aromatic carbocycles. The first-order valence-corrected chi connectivity index (χ1v) is 6.48. The van der Waals surface area contributed by atoms with Crippen molar-refractivity contribution in [1.29, 1.82) is 0 Å². The van der Waals surface area contributed by atoms with E-state index in [0.29, 0.717) is 6.42 Å². The molecule has 1 saturated heterocycles. The van der Waals surface area contributed by atoms with Gasteiger partial charge in [0, 0.05) is 37.2 Å². The second kappa shape index (κ2) is 6.13. The zero-order chi connectivity index (χ0) is 13.0. The molecule has 0 aliphatic carbocycles. The molecule has 4 N–H and O–H groups in total. The molecule has 1 aromatic heterocycles. The van der Waals surface area contributed by atoms with E-state index in [1.165, 1.54) is 0 Å². The van der Waals surface area contributed by atoms with E-state index >= 15 is 0 Å². The highest BCUT2D eigenvalue weighted by Gasteiger charge is 2.25. The SMILES string of the molecule is CCN1CCOC(C(N)Cc2cnccc2N)C1. The highest BCUT2D eigenvalue weighted by atomic mass is 16.5. The molecule has 0 spiro atoms. The Morgan fingerprint density at radius 1 is 1.61 bits per heavy atom. The van der Waals surface area contributed by atoms with Crippen LogP contribution >= 0.6 is 0 Å². The summed E-state index contributed by atoms with van der Waals surface area (Å²) in [6.45, 7) is 5.86. The average Bonchev–Trinajstić information content (AvgIpc) is 2.41. The zero-order valence-electron chi connectivity index (χ0n) is 10.9. The van der Waals surface area contributed by atoms with Gasteiger partial charge in [-0.25, -0.2) is 0 Å². The number of nitrogens with zero attached hydrogens (tertiary/aromatic N) is 2. The highest BCUT2D eigenvalue weighted by molar-refractivity contribution is 5.44. The van der Waals surface area contributed by atoms with E-state index in [4.69, 9.17) is 16.2 Å². The number of anilines is 1. The van der Waals surface area contributed by atoms with Crippen LogP contribution in [0.5, 0.6) is 0 Å². The summed E-state index contributed by atoms with van der Waals surface area (Å²) in [6, 6.07) is 1.77. The van der Waals surface area contributed by atoms with E-state index in [0.717, 1.165) is 37.5 Å². The number of aromatic nitrogens is 1. The van der Waals surface area contributed by atoms with Crippen LogP contribution in [0.15, 0.2) is 18.5 Å². The Labute approximate surface area is 108 Å². The molecule has 0 saturated carbocycles. The molecule has 2 atom stereocenters. The Balaban J connectivity index is 1.95. The van der Waals surface area contributed by atoms with Crippen LogP contribution < -0.4 is 11.5 Å². The molecule has 100 valence electrons. The van der Waals surface area contributed by atoms with Crippen LogP contribution in [0.4, 0.5) is 5.69 Å². The first-order valence-electron chi connectivity index (χ1n) is 6.48. The van der Waals surface area contributed by atoms with Crippen LogP contribution in [0.25, 0.3) is 0 Å². The second-order valence-electron chi connectivity index (χ2n) is 4.74. The minimum Gasteiger partial charge on any atom is -0.398 e. The lowest BCUT2D eigenvalue weighted by Gasteiger charge is -2.35. The topological polar surface area (TPSA) is 77.4 Å². The van der Waals surface area contributed by atoms with Crippen molar-refractivity contribution in [3.05, 3.63) is 24.0 Å². The maximum absolute atomic E-state index is 6.23. The first-order chi connectivity index (χ1) is 8.70. The fraction of sp³-hybridized carbons (Fsp3) is 0.615. The van der Waals surface area contributed by atoms with Gasteiger partial charge in [-0.3, -0.25) is 9.88 Å². The maximum Gasteiger partial charge on any atom is 0.0856 e. The number of morpholine rings is 1. The molecule has 5 nitrogen and oxygen atoms in total. The minimum absolute atomic E-state index is 0.0363. The Hall–Kier alpha value is -1.17. The van der Waals surface area contributed by atoms with Gasteiger partial charge in [0.15, 0.2) is 0 Å². The molecule has 1 aliphatic heterocycles. The van der Waals surface area contributed by atoms with Gasteiger partial charge in [0.2, 0.25) is 0 Å². The molecule has 0 bridgehead atoms. The second-order valence-corrected chi connectivity index (χ2v) is 4.74. The van der Waals surface area contributed by atoms with Gasteiger partial charge < -0.3 is 16.2 Å². The number of nitrogens with two attached hydrogens (primary N) is 2. The molecule has 1 aliphatic rings. The summed E-state index contributed by atoms with van der Waals surface area (Å²) in [7, 11) is 0. The Kier molecular flexibility index (Phi) is 4.52. The molecular weight excluding hydrogens is 228 g/mol. The van der Waals surface area contributed by atoms with Crippen LogP contribution in [0.1, 0.15) is 12.5 Å². The van der Waals surface area contributed by atoms with Gasteiger partial charge in [0.05, 0.1) is 12.7 Å². The summed E-state index contributed by atoms with van der Waals surface area (Å²) in [5.74, 6) is 0. The van der Waals surface area contributed by atoms with Gasteiger partial charge in [-0.05, 0) is 24.6 Å². The molecular formula is C13H22N4O. The molecule has 2 unspecified atom stereocenters. The predicted molar refractivity (Wildman–Crippen MR) is 72.2 cm³/mol. The largest absolute Gasteiger partial charge is 0.398 e. The smallest absolute Gasteiger partial charge is 0.0856 e. The normalized spacial score (nSPS) is 22.9. The minimum atomic E-state index is -0.0363. The third-order valence-electron chi connectivity index (χ3n) is 3.50. The van der Waals surface area contributed by atoms with Crippen molar-refractivity contribution in [2.24, 2.45) is 5.73 Å². The van der Waals surface area contributed by atoms with Crippen molar-refractivity contribution >= 4 is 5.69 Å². The summed E-state index contributed by atoms with van der Waals surface area (Å²) in [5.41, 5.74) is 13.9. The number of hydrogen-bond donors (Lipinski definition) is 2. The molecule has 0 amide bonds. The van der Waals surface area contributed by atoms with Gasteiger partial charge in [-0.15, -0.1) is 0 Å². The Bertz CT molecular complexity index is 385. The molecule has 18 heavy (non-hydrogen) atoms. The first kappa shape index (κ1) is 13.3. The Morgan fingerprint density at radius 2 is 2.44 bits per heavy atom. The lowest BCUT2D eigenvalue weighted by atomic mass is 10.0. The fourth-order valence-corrected chi connectivity index (χ4v) is 2.27. The zero-order valence-corrected chi connectivity index (χ0v) is 10.9.